The Morgan fingerprint density at radius 1 is 1.53 bits per heavy atom. The van der Waals surface area contributed by atoms with Crippen LogP contribution in [-0.2, 0) is 11.8 Å². The van der Waals surface area contributed by atoms with Crippen molar-refractivity contribution in [1.29, 1.82) is 5.26 Å². The van der Waals surface area contributed by atoms with Crippen LogP contribution in [0.5, 0.6) is 0 Å². The normalized spacial score (nSPS) is 10.4. The summed E-state index contributed by atoms with van der Waals surface area (Å²) in [6, 6.07) is 1.94. The molecule has 0 saturated heterocycles. The summed E-state index contributed by atoms with van der Waals surface area (Å²) >= 11 is 6.29. The van der Waals surface area contributed by atoms with Crippen molar-refractivity contribution in [3.8, 4) is 6.07 Å². The molecule has 0 aliphatic heterocycles. The van der Waals surface area contributed by atoms with Crippen molar-refractivity contribution >= 4 is 31.9 Å². The number of rotatable bonds is 3. The van der Waals surface area contributed by atoms with E-state index in [0.29, 0.717) is 21.1 Å². The summed E-state index contributed by atoms with van der Waals surface area (Å²) < 4.78 is 25.4. The SMILES string of the molecule is N#CCc1ncc(C(F)F)c(Br)c1CBr. The van der Waals surface area contributed by atoms with Gasteiger partial charge in [-0.25, -0.2) is 8.78 Å². The van der Waals surface area contributed by atoms with E-state index in [9.17, 15) is 8.78 Å². The lowest BCUT2D eigenvalue weighted by atomic mass is 10.1. The number of alkyl halides is 3. The number of aromatic nitrogens is 1. The molecule has 2 nitrogen and oxygen atoms in total. The maximum atomic E-state index is 12.5. The maximum Gasteiger partial charge on any atom is 0.266 e. The van der Waals surface area contributed by atoms with Crippen LogP contribution in [0, 0.1) is 11.3 Å². The largest absolute Gasteiger partial charge is 0.266 e. The number of nitriles is 1. The van der Waals surface area contributed by atoms with Crippen LogP contribution in [0.2, 0.25) is 0 Å². The molecular weight excluding hydrogens is 334 g/mol. The highest BCUT2D eigenvalue weighted by molar-refractivity contribution is 9.10. The van der Waals surface area contributed by atoms with E-state index >= 15 is 0 Å². The van der Waals surface area contributed by atoms with E-state index in [4.69, 9.17) is 5.26 Å². The molecule has 1 heterocycles. The zero-order chi connectivity index (χ0) is 11.4. The summed E-state index contributed by atoms with van der Waals surface area (Å²) in [6.07, 6.45) is -1.35. The quantitative estimate of drug-likeness (QED) is 0.786. The molecule has 0 amide bonds. The first-order valence-electron chi connectivity index (χ1n) is 3.99. The zero-order valence-corrected chi connectivity index (χ0v) is 10.6. The fraction of sp³-hybridized carbons (Fsp3) is 0.333. The van der Waals surface area contributed by atoms with Crippen LogP contribution < -0.4 is 0 Å². The number of nitrogens with zero attached hydrogens (tertiary/aromatic N) is 2. The standard InChI is InChI=1S/C9H6Br2F2N2/c10-3-5-7(1-2-14)15-4-6(8(5)11)9(12)13/h4,9H,1,3H2. The van der Waals surface area contributed by atoms with Crippen molar-refractivity contribution in [2.45, 2.75) is 18.2 Å². The minimum Gasteiger partial charge on any atom is -0.259 e. The molecule has 1 aromatic heterocycles. The topological polar surface area (TPSA) is 36.7 Å². The average molecular weight is 340 g/mol. The van der Waals surface area contributed by atoms with Crippen LogP contribution >= 0.6 is 31.9 Å². The predicted molar refractivity (Wildman–Crippen MR) is 58.8 cm³/mol. The minimum atomic E-state index is -2.57. The highest BCUT2D eigenvalue weighted by Gasteiger charge is 2.17. The van der Waals surface area contributed by atoms with E-state index in [1.54, 1.807) is 0 Å². The molecule has 0 radical (unpaired) electrons. The van der Waals surface area contributed by atoms with Crippen LogP contribution in [0.1, 0.15) is 23.2 Å². The Balaban J connectivity index is 3.27. The maximum absolute atomic E-state index is 12.5. The lowest BCUT2D eigenvalue weighted by molar-refractivity contribution is 0.150. The fourth-order valence-electron chi connectivity index (χ4n) is 1.10. The number of hydrogen-bond donors (Lipinski definition) is 0. The summed E-state index contributed by atoms with van der Waals surface area (Å²) in [7, 11) is 0. The highest BCUT2D eigenvalue weighted by Crippen LogP contribution is 2.32. The second-order valence-corrected chi connectivity index (χ2v) is 4.08. The molecular formula is C9H6Br2F2N2. The van der Waals surface area contributed by atoms with Crippen molar-refractivity contribution in [1.82, 2.24) is 4.98 Å². The predicted octanol–water partition coefficient (Wildman–Crippen LogP) is 3.74. The fourth-order valence-corrected chi connectivity index (χ4v) is 2.72. The Morgan fingerprint density at radius 2 is 2.20 bits per heavy atom. The van der Waals surface area contributed by atoms with Gasteiger partial charge in [-0.05, 0) is 21.5 Å². The van der Waals surface area contributed by atoms with E-state index in [2.05, 4.69) is 36.8 Å². The van der Waals surface area contributed by atoms with Gasteiger partial charge < -0.3 is 0 Å². The third-order valence-corrected chi connectivity index (χ3v) is 3.34. The van der Waals surface area contributed by atoms with Gasteiger partial charge in [-0.3, -0.25) is 4.98 Å². The van der Waals surface area contributed by atoms with Gasteiger partial charge in [-0.1, -0.05) is 15.9 Å². The summed E-state index contributed by atoms with van der Waals surface area (Å²) in [5.41, 5.74) is 0.978. The molecule has 0 saturated carbocycles. The average Bonchev–Trinajstić information content (AvgIpc) is 2.18. The number of pyridine rings is 1. The summed E-state index contributed by atoms with van der Waals surface area (Å²) in [6.45, 7) is 0. The minimum absolute atomic E-state index is 0.114. The molecule has 80 valence electrons. The second-order valence-electron chi connectivity index (χ2n) is 2.72. The first kappa shape index (κ1) is 12.5. The van der Waals surface area contributed by atoms with E-state index in [-0.39, 0.29) is 12.0 Å². The first-order valence-corrected chi connectivity index (χ1v) is 5.90. The second kappa shape index (κ2) is 5.52. The molecule has 15 heavy (non-hydrogen) atoms. The van der Waals surface area contributed by atoms with Crippen LogP contribution in [0.15, 0.2) is 10.7 Å². The summed E-state index contributed by atoms with van der Waals surface area (Å²) in [5, 5.41) is 8.93. The van der Waals surface area contributed by atoms with Crippen molar-refractivity contribution in [3.63, 3.8) is 0 Å². The molecule has 6 heteroatoms. The van der Waals surface area contributed by atoms with Crippen molar-refractivity contribution in [2.24, 2.45) is 0 Å². The lowest BCUT2D eigenvalue weighted by Crippen LogP contribution is -2.00. The van der Waals surface area contributed by atoms with Gasteiger partial charge in [0.05, 0.1) is 23.7 Å². The van der Waals surface area contributed by atoms with Crippen LogP contribution in [0.4, 0.5) is 8.78 Å². The van der Waals surface area contributed by atoms with E-state index in [1.807, 2.05) is 6.07 Å². The Labute approximate surface area is 103 Å². The number of halogens is 4. The molecule has 1 aromatic rings. The van der Waals surface area contributed by atoms with E-state index < -0.39 is 6.43 Å². The Kier molecular flexibility index (Phi) is 4.61. The van der Waals surface area contributed by atoms with E-state index in [0.717, 1.165) is 6.20 Å². The molecule has 0 unspecified atom stereocenters. The molecule has 0 aliphatic carbocycles. The third kappa shape index (κ3) is 2.73. The van der Waals surface area contributed by atoms with Crippen molar-refractivity contribution < 1.29 is 8.78 Å². The van der Waals surface area contributed by atoms with Gasteiger partial charge in [0.15, 0.2) is 0 Å². The summed E-state index contributed by atoms with van der Waals surface area (Å²) in [5.74, 6) is 0. The molecule has 0 aromatic carbocycles. The van der Waals surface area contributed by atoms with E-state index in [1.165, 1.54) is 0 Å². The Hall–Kier alpha value is -0.540. The molecule has 1 rings (SSSR count). The van der Waals surface area contributed by atoms with Crippen LogP contribution in [0.25, 0.3) is 0 Å². The molecule has 0 spiro atoms. The number of hydrogen-bond acceptors (Lipinski definition) is 2. The highest BCUT2D eigenvalue weighted by atomic mass is 79.9. The molecule has 0 atom stereocenters. The van der Waals surface area contributed by atoms with Gasteiger partial charge in [0, 0.05) is 16.0 Å². The monoisotopic (exact) mass is 338 g/mol. The van der Waals surface area contributed by atoms with Gasteiger partial charge >= 0.3 is 0 Å². The zero-order valence-electron chi connectivity index (χ0n) is 7.48. The Bertz CT molecular complexity index is 402. The third-order valence-electron chi connectivity index (χ3n) is 1.84. The lowest BCUT2D eigenvalue weighted by Gasteiger charge is -2.10. The molecule has 0 aliphatic rings. The smallest absolute Gasteiger partial charge is 0.259 e. The van der Waals surface area contributed by atoms with Crippen molar-refractivity contribution in [2.75, 3.05) is 0 Å². The molecule has 0 fully saturated rings. The molecule has 0 N–H and O–H groups in total. The Morgan fingerprint density at radius 3 is 2.67 bits per heavy atom. The van der Waals surface area contributed by atoms with Gasteiger partial charge in [0.25, 0.3) is 6.43 Å². The molecule has 0 bridgehead atoms. The van der Waals surface area contributed by atoms with Gasteiger partial charge in [-0.2, -0.15) is 5.26 Å². The van der Waals surface area contributed by atoms with Gasteiger partial charge in [0.2, 0.25) is 0 Å². The summed E-state index contributed by atoms with van der Waals surface area (Å²) in [4.78, 5) is 3.86. The van der Waals surface area contributed by atoms with Crippen LogP contribution in [-0.4, -0.2) is 4.98 Å². The van der Waals surface area contributed by atoms with Gasteiger partial charge in [0.1, 0.15) is 0 Å². The first-order chi connectivity index (χ1) is 7.11. The van der Waals surface area contributed by atoms with Gasteiger partial charge in [-0.15, -0.1) is 0 Å². The van der Waals surface area contributed by atoms with Crippen molar-refractivity contribution in [3.05, 3.63) is 27.5 Å². The van der Waals surface area contributed by atoms with Crippen LogP contribution in [0.3, 0.4) is 0 Å².